The molecule has 2 aliphatic rings. The van der Waals surface area contributed by atoms with E-state index in [9.17, 15) is 0 Å². The van der Waals surface area contributed by atoms with Gasteiger partial charge in [0.2, 0.25) is 0 Å². The van der Waals surface area contributed by atoms with Crippen LogP contribution in [0, 0.1) is 0 Å². The van der Waals surface area contributed by atoms with E-state index in [1.165, 1.54) is 205 Å². The Bertz CT molecular complexity index is 751. The molecule has 0 spiro atoms. The minimum absolute atomic E-state index is 0.0135. The molecule has 2 rings (SSSR count). The third-order valence-electron chi connectivity index (χ3n) is 11.7. The fourth-order valence-corrected chi connectivity index (χ4v) is 8.51. The van der Waals surface area contributed by atoms with Crippen LogP contribution in [0.25, 0.3) is 0 Å². The van der Waals surface area contributed by atoms with Gasteiger partial charge in [-0.2, -0.15) is 0 Å². The molecule has 0 aromatic carbocycles. The minimum Gasteiger partial charge on any atom is -0.348 e. The summed E-state index contributed by atoms with van der Waals surface area (Å²) in [4.78, 5) is 2.69. The van der Waals surface area contributed by atoms with Crippen molar-refractivity contribution < 1.29 is 18.9 Å². The van der Waals surface area contributed by atoms with Crippen LogP contribution in [0.2, 0.25) is 0 Å². The largest absolute Gasteiger partial charge is 0.348 e. The summed E-state index contributed by atoms with van der Waals surface area (Å²) in [6.45, 7) is 16.5. The third-order valence-corrected chi connectivity index (χ3v) is 11.7. The molecule has 52 heavy (non-hydrogen) atoms. The van der Waals surface area contributed by atoms with Gasteiger partial charge in [0.05, 0.1) is 6.61 Å². The van der Waals surface area contributed by atoms with Gasteiger partial charge in [-0.15, -0.1) is 0 Å². The van der Waals surface area contributed by atoms with E-state index in [4.69, 9.17) is 18.9 Å². The molecule has 0 aromatic rings. The summed E-state index contributed by atoms with van der Waals surface area (Å²) in [6.07, 6.45) is 45.2. The maximum Gasteiger partial charge on any atom is 0.163 e. The van der Waals surface area contributed by atoms with Crippen molar-refractivity contribution in [3.8, 4) is 0 Å². The highest BCUT2D eigenvalue weighted by Gasteiger charge is 2.50. The highest BCUT2D eigenvalue weighted by atomic mass is 16.8. The summed E-state index contributed by atoms with van der Waals surface area (Å²) < 4.78 is 25.2. The zero-order chi connectivity index (χ0) is 37.6. The van der Waals surface area contributed by atoms with Crippen LogP contribution < -0.4 is 0 Å². The molecule has 0 aromatic heterocycles. The van der Waals surface area contributed by atoms with E-state index >= 15 is 0 Å². The molecule has 5 nitrogen and oxygen atoms in total. The summed E-state index contributed by atoms with van der Waals surface area (Å²) >= 11 is 0. The van der Waals surface area contributed by atoms with E-state index < -0.39 is 11.6 Å². The lowest BCUT2D eigenvalue weighted by atomic mass is 10.0. The Balaban J connectivity index is 1.61. The summed E-state index contributed by atoms with van der Waals surface area (Å²) in [5.74, 6) is -1.13. The molecule has 2 heterocycles. The first-order valence-electron chi connectivity index (χ1n) is 23.7. The molecule has 3 atom stereocenters. The molecule has 2 aliphatic heterocycles. The van der Waals surface area contributed by atoms with Crippen LogP contribution in [0.1, 0.15) is 247 Å². The normalized spacial score (nSPS) is 21.2. The fourth-order valence-electron chi connectivity index (χ4n) is 8.51. The van der Waals surface area contributed by atoms with Gasteiger partial charge in [-0.3, -0.25) is 0 Å². The maximum absolute atomic E-state index is 6.54. The van der Waals surface area contributed by atoms with Crippen LogP contribution in [-0.4, -0.2) is 61.0 Å². The Morgan fingerprint density at radius 3 is 1.04 bits per heavy atom. The predicted octanol–water partition coefficient (Wildman–Crippen LogP) is 14.5. The zero-order valence-electron chi connectivity index (χ0n) is 36.3. The van der Waals surface area contributed by atoms with Crippen LogP contribution in [0.3, 0.4) is 0 Å². The lowest BCUT2D eigenvalue weighted by Crippen LogP contribution is -2.44. The van der Waals surface area contributed by atoms with Gasteiger partial charge in [0.1, 0.15) is 18.3 Å². The van der Waals surface area contributed by atoms with Gasteiger partial charge >= 0.3 is 0 Å². The van der Waals surface area contributed by atoms with Gasteiger partial charge < -0.3 is 23.8 Å². The molecular weight excluding hydrogens is 643 g/mol. The molecule has 0 N–H and O–H groups in total. The molecule has 2 fully saturated rings. The lowest BCUT2D eigenvalue weighted by molar-refractivity contribution is -0.174. The summed E-state index contributed by atoms with van der Waals surface area (Å²) in [5.41, 5.74) is 0. The van der Waals surface area contributed by atoms with Gasteiger partial charge in [0.25, 0.3) is 0 Å². The van der Waals surface area contributed by atoms with Crippen molar-refractivity contribution in [1.29, 1.82) is 0 Å². The summed E-state index contributed by atoms with van der Waals surface area (Å²) in [7, 11) is 0. The van der Waals surface area contributed by atoms with Crippen molar-refractivity contribution in [3.05, 3.63) is 0 Å². The number of rotatable bonds is 37. The monoisotopic (exact) mass is 736 g/mol. The summed E-state index contributed by atoms with van der Waals surface area (Å²) in [5, 5.41) is 0. The second kappa shape index (κ2) is 31.0. The van der Waals surface area contributed by atoms with E-state index in [-0.39, 0.29) is 18.3 Å². The minimum atomic E-state index is -0.584. The Morgan fingerprint density at radius 2 is 0.731 bits per heavy atom. The van der Waals surface area contributed by atoms with Gasteiger partial charge in [0, 0.05) is 6.54 Å². The highest BCUT2D eigenvalue weighted by molar-refractivity contribution is 4.92. The van der Waals surface area contributed by atoms with Crippen molar-refractivity contribution in [2.75, 3.05) is 26.2 Å². The molecule has 2 saturated heterocycles. The molecule has 0 unspecified atom stereocenters. The molecule has 310 valence electrons. The Kier molecular flexibility index (Phi) is 28.5. The first-order chi connectivity index (χ1) is 25.3. The Morgan fingerprint density at radius 1 is 0.404 bits per heavy atom. The SMILES string of the molecule is CCCCCCCCCCCCCCCCCCN(CCCCCCCCCCCCCCCCCC)C[C@H]1OC(C)(C)O[C@@H]1[C@H]1COC(C)(C)O1. The molecule has 0 bridgehead atoms. The lowest BCUT2D eigenvalue weighted by Gasteiger charge is -2.29. The van der Waals surface area contributed by atoms with Crippen LogP contribution in [0.15, 0.2) is 0 Å². The second-order valence-corrected chi connectivity index (χ2v) is 17.9. The van der Waals surface area contributed by atoms with E-state index in [1.807, 2.05) is 13.8 Å². The van der Waals surface area contributed by atoms with E-state index in [2.05, 4.69) is 32.6 Å². The fraction of sp³-hybridized carbons (Fsp3) is 1.00. The number of hydrogen-bond acceptors (Lipinski definition) is 5. The topological polar surface area (TPSA) is 40.2 Å². The molecule has 0 saturated carbocycles. The van der Waals surface area contributed by atoms with Gasteiger partial charge in [-0.1, -0.05) is 206 Å². The highest BCUT2D eigenvalue weighted by Crippen LogP contribution is 2.36. The quantitative estimate of drug-likeness (QED) is 0.0594. The second-order valence-electron chi connectivity index (χ2n) is 17.9. The molecular formula is C47H93NO4. The van der Waals surface area contributed by atoms with Gasteiger partial charge in [-0.05, 0) is 53.6 Å². The van der Waals surface area contributed by atoms with Crippen molar-refractivity contribution in [2.24, 2.45) is 0 Å². The number of ether oxygens (including phenoxy) is 4. The molecule has 5 heteroatoms. The van der Waals surface area contributed by atoms with E-state index in [1.54, 1.807) is 0 Å². The van der Waals surface area contributed by atoms with Crippen molar-refractivity contribution in [2.45, 2.75) is 277 Å². The number of hydrogen-bond donors (Lipinski definition) is 0. The zero-order valence-corrected chi connectivity index (χ0v) is 36.3. The first-order valence-corrected chi connectivity index (χ1v) is 23.7. The maximum atomic E-state index is 6.54. The van der Waals surface area contributed by atoms with E-state index in [0.717, 1.165) is 19.6 Å². The summed E-state index contributed by atoms with van der Waals surface area (Å²) in [6, 6.07) is 0. The average Bonchev–Trinajstić information content (AvgIpc) is 3.63. The number of nitrogens with zero attached hydrogens (tertiary/aromatic N) is 1. The third kappa shape index (κ3) is 25.1. The van der Waals surface area contributed by atoms with Crippen molar-refractivity contribution >= 4 is 0 Å². The van der Waals surface area contributed by atoms with Crippen LogP contribution in [-0.2, 0) is 18.9 Å². The molecule has 0 amide bonds. The van der Waals surface area contributed by atoms with Gasteiger partial charge in [-0.25, -0.2) is 0 Å². The standard InChI is InChI=1S/C47H93NO4/c1-7-9-11-13-15-17-19-21-23-25-27-29-31-33-35-37-39-48(41-43-45(52-47(5,6)50-43)44-42-49-46(3,4)51-44)40-38-36-34-32-30-28-26-24-22-20-18-16-14-12-10-8-2/h43-45H,7-42H2,1-6H3/t43-,44-,45+/m1/s1. The first kappa shape index (κ1) is 48.0. The predicted molar refractivity (Wildman–Crippen MR) is 224 cm³/mol. The Hall–Kier alpha value is -0.200. The van der Waals surface area contributed by atoms with Crippen molar-refractivity contribution in [3.63, 3.8) is 0 Å². The van der Waals surface area contributed by atoms with Crippen molar-refractivity contribution in [1.82, 2.24) is 4.90 Å². The number of unbranched alkanes of at least 4 members (excludes halogenated alkanes) is 30. The van der Waals surface area contributed by atoms with E-state index in [0.29, 0.717) is 6.61 Å². The molecule has 0 radical (unpaired) electrons. The van der Waals surface area contributed by atoms with Crippen LogP contribution >= 0.6 is 0 Å². The molecule has 0 aliphatic carbocycles. The average molecular weight is 736 g/mol. The van der Waals surface area contributed by atoms with Crippen LogP contribution in [0.4, 0.5) is 0 Å². The van der Waals surface area contributed by atoms with Crippen LogP contribution in [0.5, 0.6) is 0 Å². The smallest absolute Gasteiger partial charge is 0.163 e. The Labute approximate surface area is 326 Å². The van der Waals surface area contributed by atoms with Gasteiger partial charge in [0.15, 0.2) is 11.6 Å².